The Bertz CT molecular complexity index is 1740. The minimum atomic E-state index is -1.64. The first-order valence-corrected chi connectivity index (χ1v) is 22.6. The first-order valence-electron chi connectivity index (χ1n) is 22.6. The first kappa shape index (κ1) is 57.9. The Kier molecular flexibility index (Phi) is 25.2. The van der Waals surface area contributed by atoms with Crippen LogP contribution in [0.25, 0.3) is 0 Å². The van der Waals surface area contributed by atoms with E-state index >= 15 is 0 Å². The number of nitrogens with two attached hydrogens (primary N) is 4. The molecule has 16 N–H and O–H groups in total. The van der Waals surface area contributed by atoms with E-state index in [4.69, 9.17) is 22.9 Å². The summed E-state index contributed by atoms with van der Waals surface area (Å²) in [5, 5.41) is 28.8. The number of carbonyl (C=O) groups is 10. The molecule has 0 aromatic carbocycles. The average molecular weight is 938 g/mol. The molecule has 0 saturated carbocycles. The van der Waals surface area contributed by atoms with Gasteiger partial charge in [0.25, 0.3) is 0 Å². The number of aliphatic hydroxyl groups is 1. The fraction of sp³-hybridized carbons (Fsp3) is 0.738. The summed E-state index contributed by atoms with van der Waals surface area (Å²) in [6.45, 7) is 12.8. The van der Waals surface area contributed by atoms with Crippen molar-refractivity contribution in [1.29, 1.82) is 0 Å². The molecule has 0 aromatic rings. The lowest BCUT2D eigenvalue weighted by atomic mass is 9.96. The summed E-state index contributed by atoms with van der Waals surface area (Å²) in [4.78, 5) is 136. The van der Waals surface area contributed by atoms with Crippen LogP contribution in [-0.4, -0.2) is 143 Å². The van der Waals surface area contributed by atoms with Gasteiger partial charge in [-0.05, 0) is 64.2 Å². The van der Waals surface area contributed by atoms with Crippen molar-refractivity contribution in [2.75, 3.05) is 13.1 Å². The van der Waals surface area contributed by atoms with Crippen LogP contribution in [0.4, 0.5) is 0 Å². The maximum absolute atomic E-state index is 14.2. The normalized spacial score (nSPS) is 17.9. The highest BCUT2D eigenvalue weighted by atomic mass is 16.3. The van der Waals surface area contributed by atoms with Crippen molar-refractivity contribution in [2.24, 2.45) is 39.8 Å². The van der Waals surface area contributed by atoms with Crippen molar-refractivity contribution < 1.29 is 53.1 Å². The van der Waals surface area contributed by atoms with Crippen LogP contribution in [0.1, 0.15) is 120 Å². The average Bonchev–Trinajstić information content (AvgIpc) is 3.75. The molecule has 1 fully saturated rings. The predicted octanol–water partition coefficient (Wildman–Crippen LogP) is -3.51. The van der Waals surface area contributed by atoms with Gasteiger partial charge in [-0.25, -0.2) is 0 Å². The molecule has 24 heteroatoms. The van der Waals surface area contributed by atoms with E-state index in [1.165, 1.54) is 25.7 Å². The number of carbonyl (C=O) groups excluding carboxylic acids is 10. The van der Waals surface area contributed by atoms with Crippen LogP contribution in [0.2, 0.25) is 0 Å². The molecule has 0 radical (unpaired) electrons. The summed E-state index contributed by atoms with van der Waals surface area (Å²) in [5.41, 5.74) is 21.5. The number of hydrogen-bond acceptors (Lipinski definition) is 12. The minimum Gasteiger partial charge on any atom is -0.391 e. The van der Waals surface area contributed by atoms with E-state index in [1.807, 2.05) is 0 Å². The van der Waals surface area contributed by atoms with E-state index < -0.39 is 125 Å². The van der Waals surface area contributed by atoms with Crippen LogP contribution in [-0.2, 0) is 47.9 Å². The van der Waals surface area contributed by atoms with Crippen LogP contribution < -0.4 is 60.2 Å². The van der Waals surface area contributed by atoms with Gasteiger partial charge in [-0.3, -0.25) is 52.9 Å². The van der Waals surface area contributed by atoms with Crippen molar-refractivity contribution in [2.45, 2.75) is 174 Å². The Hall–Kier alpha value is -6.07. The Morgan fingerprint density at radius 3 is 1.62 bits per heavy atom. The molecule has 66 heavy (non-hydrogen) atoms. The zero-order valence-corrected chi connectivity index (χ0v) is 39.6. The molecule has 0 aliphatic carbocycles. The van der Waals surface area contributed by atoms with Gasteiger partial charge in [0, 0.05) is 26.4 Å². The molecule has 11 atom stereocenters. The molecule has 374 valence electrons. The van der Waals surface area contributed by atoms with Gasteiger partial charge in [0.2, 0.25) is 59.1 Å². The fourth-order valence-corrected chi connectivity index (χ4v) is 7.09. The maximum atomic E-state index is 14.2. The summed E-state index contributed by atoms with van der Waals surface area (Å²) >= 11 is 0. The summed E-state index contributed by atoms with van der Waals surface area (Å²) in [6.07, 6.45) is 0.343. The fourth-order valence-electron chi connectivity index (χ4n) is 7.09. The van der Waals surface area contributed by atoms with Gasteiger partial charge < -0.3 is 70.2 Å². The van der Waals surface area contributed by atoms with E-state index in [0.29, 0.717) is 32.1 Å². The van der Waals surface area contributed by atoms with Gasteiger partial charge in [0.1, 0.15) is 48.3 Å². The first-order chi connectivity index (χ1) is 30.9. The second kappa shape index (κ2) is 28.8. The molecule has 0 bridgehead atoms. The smallest absolute Gasteiger partial charge is 0.245 e. The van der Waals surface area contributed by atoms with E-state index in [0.717, 1.165) is 0 Å². The molecule has 24 nitrogen and oxygen atoms in total. The molecular weight excluding hydrogens is 863 g/mol. The number of aliphatic hydroxyl groups excluding tert-OH is 1. The lowest BCUT2D eigenvalue weighted by molar-refractivity contribution is -0.142. The molecular formula is C42H75N13O11. The van der Waals surface area contributed by atoms with Crippen LogP contribution in [0.3, 0.4) is 0 Å². The molecule has 0 aromatic heterocycles. The van der Waals surface area contributed by atoms with Gasteiger partial charge in [0.05, 0.1) is 6.10 Å². The monoisotopic (exact) mass is 938 g/mol. The topological polar surface area (TPSA) is 395 Å². The maximum Gasteiger partial charge on any atom is 0.245 e. The Labute approximate surface area is 386 Å². The highest BCUT2D eigenvalue weighted by molar-refractivity contribution is 5.98. The van der Waals surface area contributed by atoms with Gasteiger partial charge in [-0.15, -0.1) is 0 Å². The van der Waals surface area contributed by atoms with Crippen molar-refractivity contribution >= 4 is 65.0 Å². The number of guanidine groups is 1. The number of aliphatic imine (C=N–C) groups is 1. The van der Waals surface area contributed by atoms with Crippen molar-refractivity contribution in [3.05, 3.63) is 0 Å². The molecule has 1 heterocycles. The van der Waals surface area contributed by atoms with Crippen LogP contribution in [0.15, 0.2) is 4.99 Å². The molecule has 1 rings (SSSR count). The zero-order valence-electron chi connectivity index (χ0n) is 39.6. The molecule has 1 aliphatic rings. The number of nitrogens with one attached hydrogen (secondary N) is 7. The van der Waals surface area contributed by atoms with Crippen LogP contribution in [0.5, 0.6) is 0 Å². The second-order valence-electron chi connectivity index (χ2n) is 16.9. The molecule has 0 spiro atoms. The summed E-state index contributed by atoms with van der Waals surface area (Å²) in [7, 11) is 0. The highest BCUT2D eigenvalue weighted by Gasteiger charge is 2.40. The Morgan fingerprint density at radius 2 is 1.15 bits per heavy atom. The standard InChI is InChI=1S/C42H75N13O11/c1-9-14-26(50-40(65)33(24(7)56)54-39(64)32(22(5)11-3)53-36(61)27(49-25(8)57)17-18-30(43)58)35(60)52-31(21(4)10-2)38(63)51-28(15-12-19-47-42(45)46)41(66)55-20-13-16-29(55)37(62)48-23(6)34(44)59/h21-24,26-29,31-33,56H,9-20H2,1-8H3,(H2,43,58)(H2,44,59)(H,48,62)(H,49,57)(H,50,65)(H,51,63)(H,52,60)(H,53,61)(H,54,64)(H4,45,46,47)/t21-,22-,23+,24+,26-,27-,28-,29-,31-,32+,33-/m0/s1. The van der Waals surface area contributed by atoms with Gasteiger partial charge in [-0.1, -0.05) is 53.9 Å². The third-order valence-corrected chi connectivity index (χ3v) is 11.4. The number of amides is 10. The third kappa shape index (κ3) is 19.2. The highest BCUT2D eigenvalue weighted by Crippen LogP contribution is 2.21. The van der Waals surface area contributed by atoms with Gasteiger partial charge in [0.15, 0.2) is 5.96 Å². The van der Waals surface area contributed by atoms with Gasteiger partial charge in [-0.2, -0.15) is 0 Å². The molecule has 1 saturated heterocycles. The lowest BCUT2D eigenvalue weighted by Gasteiger charge is -2.32. The number of hydrogen-bond donors (Lipinski definition) is 12. The van der Waals surface area contributed by atoms with E-state index in [2.05, 4.69) is 42.2 Å². The van der Waals surface area contributed by atoms with Crippen molar-refractivity contribution in [3.63, 3.8) is 0 Å². The predicted molar refractivity (Wildman–Crippen MR) is 243 cm³/mol. The number of primary amides is 2. The Morgan fingerprint density at radius 1 is 0.652 bits per heavy atom. The summed E-state index contributed by atoms with van der Waals surface area (Å²) < 4.78 is 0. The van der Waals surface area contributed by atoms with E-state index in [1.54, 1.807) is 34.6 Å². The SMILES string of the molecule is CCC[C@H](NC(=O)[C@@H](NC(=O)[C@H](NC(=O)[C@H](CCC(N)=O)NC(C)=O)[C@@H](C)CC)[C@@H](C)O)C(=O)N[C@H](C(=O)N[C@@H](CCCN=C(N)N)C(=O)N1CCC[C@H]1C(=O)N[C@H](C)C(N)=O)[C@@H](C)CC. The zero-order chi connectivity index (χ0) is 50.4. The number of rotatable bonds is 29. The quantitative estimate of drug-likeness (QED) is 0.0197. The third-order valence-electron chi connectivity index (χ3n) is 11.4. The van der Waals surface area contributed by atoms with Crippen LogP contribution in [0, 0.1) is 11.8 Å². The Balaban J connectivity index is 3.38. The number of likely N-dealkylation sites (tertiary alicyclic amines) is 1. The molecule has 1 aliphatic heterocycles. The van der Waals surface area contributed by atoms with Crippen molar-refractivity contribution in [1.82, 2.24) is 42.1 Å². The summed E-state index contributed by atoms with van der Waals surface area (Å²) in [5.74, 6) is -8.53. The lowest BCUT2D eigenvalue weighted by Crippen LogP contribution is -2.62. The molecule has 0 unspecified atom stereocenters. The van der Waals surface area contributed by atoms with Crippen molar-refractivity contribution in [3.8, 4) is 0 Å². The van der Waals surface area contributed by atoms with E-state index in [-0.39, 0.29) is 51.2 Å². The minimum absolute atomic E-state index is 0.0405. The second-order valence-corrected chi connectivity index (χ2v) is 16.9. The number of nitrogens with zero attached hydrogens (tertiary/aromatic N) is 2. The largest absolute Gasteiger partial charge is 0.391 e. The van der Waals surface area contributed by atoms with E-state index in [9.17, 15) is 53.1 Å². The van der Waals surface area contributed by atoms with Crippen LogP contribution >= 0.6 is 0 Å². The molecule has 10 amide bonds. The summed E-state index contributed by atoms with van der Waals surface area (Å²) in [6, 6.07) is -9.78. The van der Waals surface area contributed by atoms with Gasteiger partial charge >= 0.3 is 0 Å².